The summed E-state index contributed by atoms with van der Waals surface area (Å²) in [7, 11) is -1.45. The summed E-state index contributed by atoms with van der Waals surface area (Å²) in [4.78, 5) is 15.6. The lowest BCUT2D eigenvalue weighted by molar-refractivity contribution is 0.0682. The van der Waals surface area contributed by atoms with Crippen LogP contribution >= 0.6 is 0 Å². The summed E-state index contributed by atoms with van der Waals surface area (Å²) < 4.78 is 47.0. The zero-order valence-corrected chi connectivity index (χ0v) is 32.3. The van der Waals surface area contributed by atoms with Crippen LogP contribution in [0.4, 0.5) is 10.1 Å². The van der Waals surface area contributed by atoms with Crippen LogP contribution < -0.4 is 9.64 Å². The topological polar surface area (TPSA) is 94.5 Å². The molecule has 0 amide bonds. The molecule has 54 heavy (non-hydrogen) atoms. The molecule has 0 saturated carbocycles. The number of hydrogen-bond donors (Lipinski definition) is 1. The predicted octanol–water partition coefficient (Wildman–Crippen LogP) is 9.05. The second kappa shape index (κ2) is 18.3. The summed E-state index contributed by atoms with van der Waals surface area (Å²) in [5.41, 5.74) is 7.77. The van der Waals surface area contributed by atoms with Crippen molar-refractivity contribution >= 4 is 39.2 Å². The van der Waals surface area contributed by atoms with Crippen LogP contribution in [0.25, 0.3) is 33.8 Å². The summed E-state index contributed by atoms with van der Waals surface area (Å²) in [6, 6.07) is 20.7. The van der Waals surface area contributed by atoms with Gasteiger partial charge in [-0.05, 0) is 115 Å². The SMILES string of the molecule is CCCCOCCOc1ccc(-c2ccc3c(c2)/C=C(/c2nc4ccc([S@](=O)Cc5c(F)ncn5CCC)cc4[nH]2)CCCN3CC2CCOCC2)cc1. The lowest BCUT2D eigenvalue weighted by atomic mass is 9.94. The molecule has 5 aromatic rings. The molecule has 4 heterocycles. The zero-order chi connectivity index (χ0) is 37.3. The molecular formula is C43H52FN5O4S. The summed E-state index contributed by atoms with van der Waals surface area (Å²) in [6.07, 6.45) is 10.8. The molecule has 0 spiro atoms. The Morgan fingerprint density at radius 3 is 2.63 bits per heavy atom. The van der Waals surface area contributed by atoms with E-state index in [1.165, 1.54) is 12.0 Å². The van der Waals surface area contributed by atoms with E-state index in [1.807, 2.05) is 37.3 Å². The maximum absolute atomic E-state index is 14.5. The molecule has 1 saturated heterocycles. The van der Waals surface area contributed by atoms with Crippen molar-refractivity contribution in [2.24, 2.45) is 5.92 Å². The van der Waals surface area contributed by atoms with Crippen molar-refractivity contribution in [3.63, 3.8) is 0 Å². The van der Waals surface area contributed by atoms with Crippen molar-refractivity contribution in [1.29, 1.82) is 0 Å². The number of aryl methyl sites for hydroxylation is 1. The average Bonchev–Trinajstić information content (AvgIpc) is 3.77. The Morgan fingerprint density at radius 2 is 1.81 bits per heavy atom. The van der Waals surface area contributed by atoms with Crippen molar-refractivity contribution in [3.8, 4) is 16.9 Å². The second-order valence-electron chi connectivity index (χ2n) is 14.3. The molecule has 7 rings (SSSR count). The third-order valence-electron chi connectivity index (χ3n) is 10.4. The van der Waals surface area contributed by atoms with Crippen LogP contribution in [0.5, 0.6) is 5.75 Å². The van der Waals surface area contributed by atoms with Gasteiger partial charge in [-0.3, -0.25) is 4.21 Å². The van der Waals surface area contributed by atoms with Gasteiger partial charge in [-0.15, -0.1) is 0 Å². The van der Waals surface area contributed by atoms with Gasteiger partial charge in [0.15, 0.2) is 0 Å². The first-order chi connectivity index (χ1) is 26.5. The number of aromatic amines is 1. The van der Waals surface area contributed by atoms with Gasteiger partial charge in [-0.1, -0.05) is 38.5 Å². The standard InChI is InChI=1S/C43H52FN5O4S/c1-3-5-20-51-23-24-53-36-11-8-32(9-12-36)33-10-15-40-35(25-33)26-34(7-6-19-48(40)28-31-16-21-52-22-17-31)43-46-38-14-13-37(27-39(38)47-43)54(50)29-41-42(44)45-30-49(41)18-4-2/h8-15,25-27,30-31H,3-7,16-24,28-29H2,1-2H3,(H,46,47)/b34-26+/t54-/m1/s1. The summed E-state index contributed by atoms with van der Waals surface area (Å²) in [5, 5.41) is 0. The number of ether oxygens (including phenoxy) is 3. The van der Waals surface area contributed by atoms with Crippen LogP contribution in [0.2, 0.25) is 0 Å². The van der Waals surface area contributed by atoms with E-state index in [9.17, 15) is 8.60 Å². The highest BCUT2D eigenvalue weighted by Crippen LogP contribution is 2.36. The maximum Gasteiger partial charge on any atom is 0.234 e. The van der Waals surface area contributed by atoms with Gasteiger partial charge in [0.05, 0.1) is 46.2 Å². The Balaban J connectivity index is 1.15. The second-order valence-corrected chi connectivity index (χ2v) is 15.8. The minimum Gasteiger partial charge on any atom is -0.491 e. The van der Waals surface area contributed by atoms with Gasteiger partial charge >= 0.3 is 0 Å². The van der Waals surface area contributed by atoms with Crippen molar-refractivity contribution < 1.29 is 22.8 Å². The average molecular weight is 754 g/mol. The molecule has 1 N–H and O–H groups in total. The fourth-order valence-electron chi connectivity index (χ4n) is 7.36. The Hall–Kier alpha value is -4.32. The quantitative estimate of drug-likeness (QED) is 0.101. The van der Waals surface area contributed by atoms with Gasteiger partial charge in [0, 0.05) is 50.0 Å². The van der Waals surface area contributed by atoms with E-state index in [2.05, 4.69) is 58.2 Å². The number of imidazole rings is 2. The summed E-state index contributed by atoms with van der Waals surface area (Å²) in [6.45, 7) is 10.3. The van der Waals surface area contributed by atoms with E-state index >= 15 is 0 Å². The fourth-order valence-corrected chi connectivity index (χ4v) is 8.52. The molecule has 2 aliphatic heterocycles. The molecule has 9 nitrogen and oxygen atoms in total. The van der Waals surface area contributed by atoms with Gasteiger partial charge in [-0.2, -0.15) is 4.39 Å². The number of allylic oxidation sites excluding steroid dienone is 1. The molecule has 1 fully saturated rings. The normalized spacial score (nSPS) is 16.8. The molecular weight excluding hydrogens is 702 g/mol. The minimum absolute atomic E-state index is 0.0663. The molecule has 0 aliphatic carbocycles. The molecule has 3 aromatic carbocycles. The predicted molar refractivity (Wildman–Crippen MR) is 215 cm³/mol. The summed E-state index contributed by atoms with van der Waals surface area (Å²) in [5.74, 6) is 1.77. The number of unbranched alkanes of at least 4 members (excludes halogenated alkanes) is 1. The van der Waals surface area contributed by atoms with Crippen LogP contribution in [-0.4, -0.2) is 69.9 Å². The van der Waals surface area contributed by atoms with E-state index < -0.39 is 16.7 Å². The van der Waals surface area contributed by atoms with Crippen LogP contribution in [0.15, 0.2) is 71.9 Å². The van der Waals surface area contributed by atoms with Gasteiger partial charge in [0.1, 0.15) is 18.2 Å². The van der Waals surface area contributed by atoms with E-state index in [0.717, 1.165) is 123 Å². The van der Waals surface area contributed by atoms with E-state index in [0.29, 0.717) is 36.3 Å². The van der Waals surface area contributed by atoms with Gasteiger partial charge in [0.2, 0.25) is 5.95 Å². The van der Waals surface area contributed by atoms with Crippen LogP contribution in [-0.2, 0) is 32.6 Å². The van der Waals surface area contributed by atoms with Crippen molar-refractivity contribution in [2.45, 2.75) is 76.0 Å². The number of nitrogens with zero attached hydrogens (tertiary/aromatic N) is 4. The third kappa shape index (κ3) is 9.30. The van der Waals surface area contributed by atoms with Crippen LogP contribution in [0.1, 0.15) is 75.9 Å². The monoisotopic (exact) mass is 753 g/mol. The number of halogens is 1. The number of H-pyrrole nitrogens is 1. The van der Waals surface area contributed by atoms with Crippen LogP contribution in [0, 0.1) is 11.9 Å². The Kier molecular flexibility index (Phi) is 12.9. The zero-order valence-electron chi connectivity index (χ0n) is 31.5. The molecule has 0 bridgehead atoms. The summed E-state index contributed by atoms with van der Waals surface area (Å²) >= 11 is 0. The highest BCUT2D eigenvalue weighted by Gasteiger charge is 2.23. The molecule has 0 radical (unpaired) electrons. The largest absolute Gasteiger partial charge is 0.491 e. The molecule has 11 heteroatoms. The van der Waals surface area contributed by atoms with E-state index in [4.69, 9.17) is 19.2 Å². The number of anilines is 1. The van der Waals surface area contributed by atoms with Crippen molar-refractivity contribution in [3.05, 3.63) is 90.0 Å². The smallest absolute Gasteiger partial charge is 0.234 e. The number of aromatic nitrogens is 4. The van der Waals surface area contributed by atoms with E-state index in [1.54, 1.807) is 4.57 Å². The van der Waals surface area contributed by atoms with Gasteiger partial charge in [0.25, 0.3) is 0 Å². The first-order valence-electron chi connectivity index (χ1n) is 19.5. The Morgan fingerprint density at radius 1 is 0.981 bits per heavy atom. The Labute approximate surface area is 320 Å². The number of benzene rings is 3. The molecule has 286 valence electrons. The van der Waals surface area contributed by atoms with Gasteiger partial charge < -0.3 is 28.7 Å². The molecule has 1 atom stereocenters. The lowest BCUT2D eigenvalue weighted by Crippen LogP contribution is -2.34. The number of fused-ring (bicyclic) bond motifs is 2. The minimum atomic E-state index is -1.45. The number of rotatable bonds is 16. The fraction of sp³-hybridized carbons (Fsp3) is 0.442. The Bertz CT molecular complexity index is 2050. The lowest BCUT2D eigenvalue weighted by Gasteiger charge is -2.33. The number of hydrogen-bond acceptors (Lipinski definition) is 7. The van der Waals surface area contributed by atoms with E-state index in [-0.39, 0.29) is 5.75 Å². The molecule has 0 unspecified atom stereocenters. The first kappa shape index (κ1) is 38.0. The van der Waals surface area contributed by atoms with Gasteiger partial charge in [-0.25, -0.2) is 9.97 Å². The molecule has 2 aromatic heterocycles. The highest BCUT2D eigenvalue weighted by atomic mass is 32.2. The third-order valence-corrected chi connectivity index (χ3v) is 11.7. The number of nitrogens with one attached hydrogen (secondary N) is 1. The van der Waals surface area contributed by atoms with Crippen molar-refractivity contribution in [1.82, 2.24) is 19.5 Å². The highest BCUT2D eigenvalue weighted by molar-refractivity contribution is 7.84. The first-order valence-corrected chi connectivity index (χ1v) is 20.9. The molecule has 2 aliphatic rings. The maximum atomic E-state index is 14.5. The van der Waals surface area contributed by atoms with Crippen molar-refractivity contribution in [2.75, 3.05) is 51.0 Å². The van der Waals surface area contributed by atoms with Crippen LogP contribution in [0.3, 0.4) is 0 Å².